The molecule has 1 N–H and O–H groups in total. The fraction of sp³-hybridized carbons (Fsp3) is 0.538. The number of ether oxygens (including phenoxy) is 2. The zero-order valence-corrected chi connectivity index (χ0v) is 10.8. The van der Waals surface area contributed by atoms with Gasteiger partial charge in [-0.3, -0.25) is 0 Å². The molecule has 0 amide bonds. The molecule has 0 aliphatic rings. The molecule has 0 aliphatic heterocycles. The topological polar surface area (TPSA) is 30.5 Å². The van der Waals surface area contributed by atoms with Gasteiger partial charge in [-0.25, -0.2) is 4.39 Å². The summed E-state index contributed by atoms with van der Waals surface area (Å²) in [6.07, 6.45) is 0.913. The zero-order valence-electron chi connectivity index (χ0n) is 10.8. The van der Waals surface area contributed by atoms with Crippen molar-refractivity contribution >= 4 is 0 Å². The van der Waals surface area contributed by atoms with Gasteiger partial charge in [0.15, 0.2) is 11.6 Å². The number of hydrogen-bond acceptors (Lipinski definition) is 3. The average molecular weight is 241 g/mol. The normalized spacial score (nSPS) is 14.4. The van der Waals surface area contributed by atoms with Crippen molar-refractivity contribution in [1.82, 2.24) is 5.32 Å². The lowest BCUT2D eigenvalue weighted by Gasteiger charge is -2.20. The zero-order chi connectivity index (χ0) is 12.8. The molecule has 0 bridgehead atoms. The van der Waals surface area contributed by atoms with E-state index in [1.165, 1.54) is 13.2 Å². The highest BCUT2D eigenvalue weighted by Gasteiger charge is 2.15. The SMILES string of the molecule is CNC(CC(C)OC)c1ccc(OC)c(F)c1. The van der Waals surface area contributed by atoms with Crippen molar-refractivity contribution < 1.29 is 13.9 Å². The first-order valence-electron chi connectivity index (χ1n) is 5.65. The van der Waals surface area contributed by atoms with Crippen LogP contribution >= 0.6 is 0 Å². The predicted octanol–water partition coefficient (Wildman–Crippen LogP) is 2.52. The van der Waals surface area contributed by atoms with Gasteiger partial charge in [0, 0.05) is 13.2 Å². The first-order chi connectivity index (χ1) is 8.12. The lowest BCUT2D eigenvalue weighted by Crippen LogP contribution is -2.22. The largest absolute Gasteiger partial charge is 0.494 e. The van der Waals surface area contributed by atoms with Crippen LogP contribution in [0.4, 0.5) is 4.39 Å². The van der Waals surface area contributed by atoms with E-state index in [-0.39, 0.29) is 23.7 Å². The smallest absolute Gasteiger partial charge is 0.165 e. The Morgan fingerprint density at radius 3 is 2.53 bits per heavy atom. The van der Waals surface area contributed by atoms with Crippen molar-refractivity contribution in [2.45, 2.75) is 25.5 Å². The summed E-state index contributed by atoms with van der Waals surface area (Å²) in [5, 5.41) is 3.16. The Bertz CT molecular complexity index is 357. The monoisotopic (exact) mass is 241 g/mol. The van der Waals surface area contributed by atoms with Gasteiger partial charge in [0.25, 0.3) is 0 Å². The number of hydrogen-bond donors (Lipinski definition) is 1. The third kappa shape index (κ3) is 3.68. The van der Waals surface area contributed by atoms with E-state index in [0.29, 0.717) is 0 Å². The van der Waals surface area contributed by atoms with Gasteiger partial charge >= 0.3 is 0 Å². The summed E-state index contributed by atoms with van der Waals surface area (Å²) in [6.45, 7) is 1.99. The van der Waals surface area contributed by atoms with Crippen molar-refractivity contribution in [3.63, 3.8) is 0 Å². The summed E-state index contributed by atoms with van der Waals surface area (Å²) >= 11 is 0. The third-order valence-electron chi connectivity index (χ3n) is 2.90. The summed E-state index contributed by atoms with van der Waals surface area (Å²) in [5.41, 5.74) is 0.898. The molecule has 96 valence electrons. The van der Waals surface area contributed by atoms with Crippen LogP contribution in [0.3, 0.4) is 0 Å². The molecule has 3 nitrogen and oxygen atoms in total. The second-order valence-corrected chi connectivity index (χ2v) is 4.02. The summed E-state index contributed by atoms with van der Waals surface area (Å²) in [5.74, 6) is -0.0706. The van der Waals surface area contributed by atoms with Crippen molar-refractivity contribution in [1.29, 1.82) is 0 Å². The Morgan fingerprint density at radius 1 is 1.35 bits per heavy atom. The number of benzene rings is 1. The molecule has 4 heteroatoms. The summed E-state index contributed by atoms with van der Waals surface area (Å²) in [4.78, 5) is 0. The van der Waals surface area contributed by atoms with Gasteiger partial charge in [-0.05, 0) is 38.1 Å². The number of nitrogens with one attached hydrogen (secondary N) is 1. The Kier molecular flexibility index (Phi) is 5.38. The van der Waals surface area contributed by atoms with Crippen LogP contribution in [0.15, 0.2) is 18.2 Å². The van der Waals surface area contributed by atoms with Crippen LogP contribution in [-0.2, 0) is 4.74 Å². The van der Waals surface area contributed by atoms with Gasteiger partial charge in [0.05, 0.1) is 13.2 Å². The quantitative estimate of drug-likeness (QED) is 0.830. The molecule has 1 aromatic rings. The minimum atomic E-state index is -0.338. The van der Waals surface area contributed by atoms with Crippen LogP contribution < -0.4 is 10.1 Å². The molecule has 0 aromatic heterocycles. The van der Waals surface area contributed by atoms with Gasteiger partial charge in [-0.1, -0.05) is 6.07 Å². The van der Waals surface area contributed by atoms with E-state index < -0.39 is 0 Å². The molecule has 17 heavy (non-hydrogen) atoms. The van der Waals surface area contributed by atoms with E-state index >= 15 is 0 Å². The van der Waals surface area contributed by atoms with E-state index in [1.807, 2.05) is 20.0 Å². The Hall–Kier alpha value is -1.13. The molecular formula is C13H20FNO2. The average Bonchev–Trinajstić information content (AvgIpc) is 2.35. The molecule has 0 heterocycles. The van der Waals surface area contributed by atoms with Crippen LogP contribution in [0.1, 0.15) is 24.9 Å². The summed E-state index contributed by atoms with van der Waals surface area (Å²) in [7, 11) is 4.99. The van der Waals surface area contributed by atoms with Gasteiger partial charge in [0.2, 0.25) is 0 Å². The second kappa shape index (κ2) is 6.57. The van der Waals surface area contributed by atoms with E-state index in [0.717, 1.165) is 12.0 Å². The van der Waals surface area contributed by atoms with Crippen molar-refractivity contribution in [3.8, 4) is 5.75 Å². The highest BCUT2D eigenvalue weighted by atomic mass is 19.1. The molecule has 0 saturated heterocycles. The molecule has 2 atom stereocenters. The first kappa shape index (κ1) is 13.9. The molecule has 0 radical (unpaired) electrons. The molecule has 1 rings (SSSR count). The predicted molar refractivity (Wildman–Crippen MR) is 65.8 cm³/mol. The molecule has 0 saturated carbocycles. The minimum Gasteiger partial charge on any atom is -0.494 e. The number of methoxy groups -OCH3 is 2. The van der Waals surface area contributed by atoms with Crippen LogP contribution in [0.2, 0.25) is 0 Å². The molecule has 0 aliphatic carbocycles. The van der Waals surface area contributed by atoms with Crippen LogP contribution in [0, 0.1) is 5.82 Å². The van der Waals surface area contributed by atoms with Gasteiger partial charge < -0.3 is 14.8 Å². The highest BCUT2D eigenvalue weighted by molar-refractivity contribution is 5.31. The maximum Gasteiger partial charge on any atom is 0.165 e. The molecule has 2 unspecified atom stereocenters. The van der Waals surface area contributed by atoms with Crippen LogP contribution in [0.5, 0.6) is 5.75 Å². The van der Waals surface area contributed by atoms with E-state index in [2.05, 4.69) is 5.32 Å². The summed E-state index contributed by atoms with van der Waals surface area (Å²) < 4.78 is 23.7. The van der Waals surface area contributed by atoms with Crippen molar-refractivity contribution in [3.05, 3.63) is 29.6 Å². The van der Waals surface area contributed by atoms with Crippen molar-refractivity contribution in [2.75, 3.05) is 21.3 Å². The Labute approximate surface area is 102 Å². The molecule has 0 fully saturated rings. The lowest BCUT2D eigenvalue weighted by molar-refractivity contribution is 0.101. The molecule has 1 aromatic carbocycles. The maximum atomic E-state index is 13.6. The fourth-order valence-electron chi connectivity index (χ4n) is 1.75. The minimum absolute atomic E-state index is 0.0744. The Morgan fingerprint density at radius 2 is 2.06 bits per heavy atom. The fourth-order valence-corrected chi connectivity index (χ4v) is 1.75. The maximum absolute atomic E-state index is 13.6. The first-order valence-corrected chi connectivity index (χ1v) is 5.65. The number of halogens is 1. The van der Waals surface area contributed by atoms with E-state index in [4.69, 9.17) is 9.47 Å². The van der Waals surface area contributed by atoms with Gasteiger partial charge in [-0.2, -0.15) is 0 Å². The number of rotatable bonds is 6. The molecule has 0 spiro atoms. The van der Waals surface area contributed by atoms with E-state index in [9.17, 15) is 4.39 Å². The third-order valence-corrected chi connectivity index (χ3v) is 2.90. The summed E-state index contributed by atoms with van der Waals surface area (Å²) in [6, 6.07) is 5.09. The van der Waals surface area contributed by atoms with Crippen LogP contribution in [-0.4, -0.2) is 27.4 Å². The standard InChI is InChI=1S/C13H20FNO2/c1-9(16-3)7-12(15-2)10-5-6-13(17-4)11(14)8-10/h5-6,8-9,12,15H,7H2,1-4H3. The second-order valence-electron chi connectivity index (χ2n) is 4.02. The Balaban J connectivity index is 2.85. The van der Waals surface area contributed by atoms with Gasteiger partial charge in [-0.15, -0.1) is 0 Å². The van der Waals surface area contributed by atoms with Crippen molar-refractivity contribution in [2.24, 2.45) is 0 Å². The van der Waals surface area contributed by atoms with E-state index in [1.54, 1.807) is 13.2 Å². The lowest BCUT2D eigenvalue weighted by atomic mass is 10.0. The van der Waals surface area contributed by atoms with Crippen LogP contribution in [0.25, 0.3) is 0 Å². The highest BCUT2D eigenvalue weighted by Crippen LogP contribution is 2.24. The molecular weight excluding hydrogens is 221 g/mol. The van der Waals surface area contributed by atoms with Gasteiger partial charge in [0.1, 0.15) is 0 Å².